The highest BCUT2D eigenvalue weighted by Gasteiger charge is 2.13. The highest BCUT2D eigenvalue weighted by Crippen LogP contribution is 2.25. The van der Waals surface area contributed by atoms with Crippen molar-refractivity contribution in [1.29, 1.82) is 0 Å². The van der Waals surface area contributed by atoms with Crippen LogP contribution in [0.3, 0.4) is 0 Å². The van der Waals surface area contributed by atoms with E-state index in [1.54, 1.807) is 6.20 Å². The molecule has 3 rings (SSSR count). The molecule has 6 nitrogen and oxygen atoms in total. The smallest absolute Gasteiger partial charge is 0.249 e. The van der Waals surface area contributed by atoms with Crippen molar-refractivity contribution in [1.82, 2.24) is 15.2 Å². The highest BCUT2D eigenvalue weighted by atomic mass is 15.3. The standard InChI is InChI=1S/C20H30N6/c1-4-25(5-2)17-10-11-18(16(3)14-17)22-20-23-19(15-21-24-20)26-12-8-6-7-9-13-26/h10-11,14-15H,4-9,12-13H2,1-3H3,(H,22,23,24). The summed E-state index contributed by atoms with van der Waals surface area (Å²) >= 11 is 0. The monoisotopic (exact) mass is 354 g/mol. The minimum Gasteiger partial charge on any atom is -0.372 e. The number of aromatic nitrogens is 3. The SMILES string of the molecule is CCN(CC)c1ccc(Nc2nncc(N3CCCCCC3)n2)c(C)c1. The predicted octanol–water partition coefficient (Wildman–Crippen LogP) is 4.15. The second kappa shape index (κ2) is 8.83. The van der Waals surface area contributed by atoms with Gasteiger partial charge >= 0.3 is 0 Å². The van der Waals surface area contributed by atoms with Gasteiger partial charge in [0.1, 0.15) is 0 Å². The first-order valence-corrected chi connectivity index (χ1v) is 9.78. The molecule has 1 fully saturated rings. The third-order valence-corrected chi connectivity index (χ3v) is 5.06. The Labute approximate surface area is 156 Å². The minimum atomic E-state index is 0.561. The van der Waals surface area contributed by atoms with Gasteiger partial charge in [-0.15, -0.1) is 5.10 Å². The molecule has 0 bridgehead atoms. The van der Waals surface area contributed by atoms with Crippen molar-refractivity contribution >= 4 is 23.1 Å². The lowest BCUT2D eigenvalue weighted by atomic mass is 10.1. The van der Waals surface area contributed by atoms with E-state index in [0.29, 0.717) is 5.95 Å². The quantitative estimate of drug-likeness (QED) is 0.841. The zero-order valence-corrected chi connectivity index (χ0v) is 16.2. The summed E-state index contributed by atoms with van der Waals surface area (Å²) in [5.74, 6) is 1.48. The van der Waals surface area contributed by atoms with Crippen LogP contribution in [0.25, 0.3) is 0 Å². The molecule has 0 atom stereocenters. The van der Waals surface area contributed by atoms with Crippen LogP contribution in [0.1, 0.15) is 45.1 Å². The second-order valence-corrected chi connectivity index (χ2v) is 6.84. The molecule has 1 aromatic heterocycles. The molecule has 140 valence electrons. The lowest BCUT2D eigenvalue weighted by Crippen LogP contribution is -2.25. The molecule has 2 heterocycles. The minimum absolute atomic E-state index is 0.561. The number of anilines is 4. The Hall–Kier alpha value is -2.37. The average Bonchev–Trinajstić information content (AvgIpc) is 2.95. The molecular formula is C20H30N6. The normalized spacial score (nSPS) is 14.8. The molecule has 1 N–H and O–H groups in total. The Morgan fingerprint density at radius 2 is 1.81 bits per heavy atom. The molecule has 1 aromatic carbocycles. The lowest BCUT2D eigenvalue weighted by molar-refractivity contribution is 0.726. The van der Waals surface area contributed by atoms with Crippen LogP contribution in [0.2, 0.25) is 0 Å². The first-order chi connectivity index (χ1) is 12.7. The summed E-state index contributed by atoms with van der Waals surface area (Å²) in [5.41, 5.74) is 3.45. The molecule has 0 spiro atoms. The number of aryl methyl sites for hydroxylation is 1. The van der Waals surface area contributed by atoms with E-state index in [4.69, 9.17) is 4.98 Å². The second-order valence-electron chi connectivity index (χ2n) is 6.84. The maximum absolute atomic E-state index is 4.70. The van der Waals surface area contributed by atoms with E-state index in [2.05, 4.69) is 64.3 Å². The average molecular weight is 355 g/mol. The van der Waals surface area contributed by atoms with Gasteiger partial charge in [0.25, 0.3) is 0 Å². The molecule has 0 unspecified atom stereocenters. The van der Waals surface area contributed by atoms with Crippen molar-refractivity contribution in [2.24, 2.45) is 0 Å². The Morgan fingerprint density at radius 1 is 1.08 bits per heavy atom. The van der Waals surface area contributed by atoms with Gasteiger partial charge in [-0.3, -0.25) is 0 Å². The van der Waals surface area contributed by atoms with Crippen LogP contribution >= 0.6 is 0 Å². The highest BCUT2D eigenvalue weighted by molar-refractivity contribution is 5.64. The zero-order valence-electron chi connectivity index (χ0n) is 16.2. The van der Waals surface area contributed by atoms with Crippen LogP contribution in [0.15, 0.2) is 24.4 Å². The fraction of sp³-hybridized carbons (Fsp3) is 0.550. The van der Waals surface area contributed by atoms with E-state index in [0.717, 1.165) is 37.7 Å². The van der Waals surface area contributed by atoms with Gasteiger partial charge in [0.05, 0.1) is 6.20 Å². The van der Waals surface area contributed by atoms with Crippen molar-refractivity contribution < 1.29 is 0 Å². The first kappa shape index (κ1) is 18.4. The molecule has 1 saturated heterocycles. The summed E-state index contributed by atoms with van der Waals surface area (Å²) < 4.78 is 0. The molecular weight excluding hydrogens is 324 g/mol. The summed E-state index contributed by atoms with van der Waals surface area (Å²) in [6.07, 6.45) is 6.82. The molecule has 0 radical (unpaired) electrons. The van der Waals surface area contributed by atoms with E-state index >= 15 is 0 Å². The van der Waals surface area contributed by atoms with Gasteiger partial charge in [-0.25, -0.2) is 0 Å². The predicted molar refractivity (Wildman–Crippen MR) is 109 cm³/mol. The number of hydrogen-bond donors (Lipinski definition) is 1. The molecule has 1 aliphatic heterocycles. The summed E-state index contributed by atoms with van der Waals surface area (Å²) in [4.78, 5) is 9.36. The summed E-state index contributed by atoms with van der Waals surface area (Å²) in [6, 6.07) is 6.46. The third kappa shape index (κ3) is 4.42. The lowest BCUT2D eigenvalue weighted by Gasteiger charge is -2.22. The van der Waals surface area contributed by atoms with Crippen LogP contribution in [-0.2, 0) is 0 Å². The van der Waals surface area contributed by atoms with Crippen molar-refractivity contribution in [3.63, 3.8) is 0 Å². The van der Waals surface area contributed by atoms with Gasteiger partial charge in [0.15, 0.2) is 5.82 Å². The Kier molecular flexibility index (Phi) is 6.26. The van der Waals surface area contributed by atoms with E-state index in [1.165, 1.54) is 36.9 Å². The van der Waals surface area contributed by atoms with Gasteiger partial charge in [-0.1, -0.05) is 12.8 Å². The van der Waals surface area contributed by atoms with E-state index in [1.807, 2.05) is 0 Å². The maximum Gasteiger partial charge on any atom is 0.249 e. The fourth-order valence-corrected chi connectivity index (χ4v) is 3.49. The van der Waals surface area contributed by atoms with Crippen molar-refractivity contribution in [2.45, 2.75) is 46.5 Å². The molecule has 0 saturated carbocycles. The number of rotatable bonds is 6. The van der Waals surface area contributed by atoms with Crippen LogP contribution < -0.4 is 15.1 Å². The van der Waals surface area contributed by atoms with Crippen LogP contribution in [0.4, 0.5) is 23.1 Å². The van der Waals surface area contributed by atoms with Crippen molar-refractivity contribution in [2.75, 3.05) is 41.3 Å². The third-order valence-electron chi connectivity index (χ3n) is 5.06. The van der Waals surface area contributed by atoms with Crippen molar-refractivity contribution in [3.8, 4) is 0 Å². The summed E-state index contributed by atoms with van der Waals surface area (Å²) in [7, 11) is 0. The topological polar surface area (TPSA) is 57.2 Å². The Bertz CT molecular complexity index is 705. The molecule has 26 heavy (non-hydrogen) atoms. The van der Waals surface area contributed by atoms with Crippen LogP contribution in [0.5, 0.6) is 0 Å². The van der Waals surface area contributed by atoms with E-state index in [9.17, 15) is 0 Å². The molecule has 0 amide bonds. The number of benzene rings is 1. The van der Waals surface area contributed by atoms with Gasteiger partial charge in [0.2, 0.25) is 5.95 Å². The summed E-state index contributed by atoms with van der Waals surface area (Å²) in [5, 5.41) is 11.7. The molecule has 0 aliphatic carbocycles. The molecule has 1 aliphatic rings. The molecule has 6 heteroatoms. The fourth-order valence-electron chi connectivity index (χ4n) is 3.49. The maximum atomic E-state index is 4.70. The summed E-state index contributed by atoms with van der Waals surface area (Å²) in [6.45, 7) is 10.6. The van der Waals surface area contributed by atoms with Gasteiger partial charge in [0, 0.05) is 37.6 Å². The van der Waals surface area contributed by atoms with Gasteiger partial charge in [-0.05, 0) is 57.4 Å². The van der Waals surface area contributed by atoms with Crippen LogP contribution in [-0.4, -0.2) is 41.4 Å². The van der Waals surface area contributed by atoms with Gasteiger partial charge in [-0.2, -0.15) is 10.1 Å². The number of nitrogens with zero attached hydrogens (tertiary/aromatic N) is 5. The number of hydrogen-bond acceptors (Lipinski definition) is 6. The van der Waals surface area contributed by atoms with E-state index < -0.39 is 0 Å². The zero-order chi connectivity index (χ0) is 18.4. The molecule has 2 aromatic rings. The Balaban J connectivity index is 1.75. The number of nitrogens with one attached hydrogen (secondary N) is 1. The largest absolute Gasteiger partial charge is 0.372 e. The Morgan fingerprint density at radius 3 is 2.46 bits per heavy atom. The van der Waals surface area contributed by atoms with Crippen LogP contribution in [0, 0.1) is 6.92 Å². The van der Waals surface area contributed by atoms with E-state index in [-0.39, 0.29) is 0 Å². The van der Waals surface area contributed by atoms with Gasteiger partial charge < -0.3 is 15.1 Å². The first-order valence-electron chi connectivity index (χ1n) is 9.78. The van der Waals surface area contributed by atoms with Crippen molar-refractivity contribution in [3.05, 3.63) is 30.0 Å².